The molecular formula is C14H22N2S. The summed E-state index contributed by atoms with van der Waals surface area (Å²) in [4.78, 5) is 1.35. The lowest BCUT2D eigenvalue weighted by Crippen LogP contribution is -2.26. The second-order valence-corrected chi connectivity index (χ2v) is 5.66. The number of aryl methyl sites for hydroxylation is 1. The topological polar surface area (TPSA) is 49.8 Å². The Kier molecular flexibility index (Phi) is 4.59. The molecule has 1 aliphatic rings. The fourth-order valence-corrected chi connectivity index (χ4v) is 3.75. The fourth-order valence-electron chi connectivity index (χ4n) is 2.54. The number of nitrogens with zero attached hydrogens (tertiary/aromatic N) is 1. The van der Waals surface area contributed by atoms with Crippen LogP contribution >= 0.6 is 11.3 Å². The second kappa shape index (κ2) is 5.55. The van der Waals surface area contributed by atoms with Crippen molar-refractivity contribution < 1.29 is 0 Å². The van der Waals surface area contributed by atoms with Crippen LogP contribution < -0.4 is 5.73 Å². The van der Waals surface area contributed by atoms with Gasteiger partial charge in [-0.15, -0.1) is 11.3 Å². The van der Waals surface area contributed by atoms with Crippen LogP contribution in [0, 0.1) is 11.3 Å². The summed E-state index contributed by atoms with van der Waals surface area (Å²) < 4.78 is 0. The Bertz CT molecular complexity index is 428. The van der Waals surface area contributed by atoms with Crippen LogP contribution in [0.25, 0.3) is 0 Å². The van der Waals surface area contributed by atoms with Crippen molar-refractivity contribution in [2.24, 2.45) is 0 Å². The molecule has 1 aromatic rings. The number of hydrogen-bond acceptors (Lipinski definition) is 3. The van der Waals surface area contributed by atoms with Gasteiger partial charge in [-0.2, -0.15) is 5.26 Å². The zero-order valence-electron chi connectivity index (χ0n) is 11.3. The van der Waals surface area contributed by atoms with Gasteiger partial charge in [0.15, 0.2) is 0 Å². The third-order valence-electron chi connectivity index (χ3n) is 3.64. The highest BCUT2D eigenvalue weighted by Gasteiger charge is 2.35. The van der Waals surface area contributed by atoms with Crippen molar-refractivity contribution in [1.29, 1.82) is 5.26 Å². The van der Waals surface area contributed by atoms with Crippen LogP contribution in [0.15, 0.2) is 0 Å². The Balaban J connectivity index is 0.000000686. The Labute approximate surface area is 108 Å². The van der Waals surface area contributed by atoms with Crippen LogP contribution in [0.1, 0.15) is 63.0 Å². The molecule has 17 heavy (non-hydrogen) atoms. The van der Waals surface area contributed by atoms with Crippen molar-refractivity contribution in [2.75, 3.05) is 5.73 Å². The van der Waals surface area contributed by atoms with Gasteiger partial charge in [-0.1, -0.05) is 27.7 Å². The van der Waals surface area contributed by atoms with E-state index in [1.807, 2.05) is 13.8 Å². The minimum absolute atomic E-state index is 0.173. The highest BCUT2D eigenvalue weighted by molar-refractivity contribution is 7.16. The lowest BCUT2D eigenvalue weighted by molar-refractivity contribution is 0.384. The first-order chi connectivity index (χ1) is 8.12. The molecule has 3 heteroatoms. The summed E-state index contributed by atoms with van der Waals surface area (Å²) in [6, 6.07) is 2.28. The van der Waals surface area contributed by atoms with E-state index < -0.39 is 0 Å². The average molecular weight is 250 g/mol. The van der Waals surface area contributed by atoms with Gasteiger partial charge in [0.25, 0.3) is 0 Å². The summed E-state index contributed by atoms with van der Waals surface area (Å²) in [5.74, 6) is 0. The molecule has 0 radical (unpaired) electrons. The molecule has 0 unspecified atom stereocenters. The van der Waals surface area contributed by atoms with Crippen molar-refractivity contribution in [3.63, 3.8) is 0 Å². The number of fused-ring (bicyclic) bond motifs is 1. The molecule has 94 valence electrons. The second-order valence-electron chi connectivity index (χ2n) is 4.52. The summed E-state index contributed by atoms with van der Waals surface area (Å²) in [6.07, 6.45) is 4.59. The molecule has 1 atom stereocenters. The molecule has 0 bridgehead atoms. The number of nitrogen functional groups attached to an aromatic ring is 1. The van der Waals surface area contributed by atoms with E-state index in [2.05, 4.69) is 19.9 Å². The van der Waals surface area contributed by atoms with Gasteiger partial charge in [0.2, 0.25) is 0 Å². The molecule has 2 nitrogen and oxygen atoms in total. The van der Waals surface area contributed by atoms with Crippen LogP contribution in [0.4, 0.5) is 5.00 Å². The zero-order valence-corrected chi connectivity index (χ0v) is 12.1. The molecule has 1 aliphatic carbocycles. The lowest BCUT2D eigenvalue weighted by atomic mass is 9.71. The van der Waals surface area contributed by atoms with Crippen molar-refractivity contribution in [3.8, 4) is 6.07 Å². The van der Waals surface area contributed by atoms with E-state index in [0.717, 1.165) is 18.4 Å². The fraction of sp³-hybridized carbons (Fsp3) is 0.643. The van der Waals surface area contributed by atoms with Gasteiger partial charge >= 0.3 is 0 Å². The Morgan fingerprint density at radius 3 is 2.65 bits per heavy atom. The number of anilines is 1. The minimum Gasteiger partial charge on any atom is -0.389 e. The maximum absolute atomic E-state index is 9.17. The monoisotopic (exact) mass is 250 g/mol. The number of thiophene rings is 1. The van der Waals surface area contributed by atoms with E-state index in [0.29, 0.717) is 5.00 Å². The quantitative estimate of drug-likeness (QED) is 0.810. The highest BCUT2D eigenvalue weighted by Crippen LogP contribution is 2.46. The predicted molar refractivity (Wildman–Crippen MR) is 75.4 cm³/mol. The van der Waals surface area contributed by atoms with Crippen LogP contribution in [0.5, 0.6) is 0 Å². The van der Waals surface area contributed by atoms with Crippen molar-refractivity contribution in [3.05, 3.63) is 16.0 Å². The zero-order chi connectivity index (χ0) is 13.1. The van der Waals surface area contributed by atoms with Gasteiger partial charge < -0.3 is 5.73 Å². The number of hydrogen-bond donors (Lipinski definition) is 1. The van der Waals surface area contributed by atoms with E-state index in [4.69, 9.17) is 11.0 Å². The van der Waals surface area contributed by atoms with Gasteiger partial charge in [0.1, 0.15) is 11.1 Å². The first-order valence-corrected chi connectivity index (χ1v) is 7.25. The van der Waals surface area contributed by atoms with Crippen molar-refractivity contribution >= 4 is 16.3 Å². The molecule has 0 fully saturated rings. The third-order valence-corrected chi connectivity index (χ3v) is 4.72. The maximum atomic E-state index is 9.17. The van der Waals surface area contributed by atoms with Crippen LogP contribution in [-0.2, 0) is 11.8 Å². The molecular weight excluding hydrogens is 228 g/mol. The average Bonchev–Trinajstić information content (AvgIpc) is 2.69. The predicted octanol–water partition coefficient (Wildman–Crippen LogP) is 4.23. The van der Waals surface area contributed by atoms with E-state index in [1.54, 1.807) is 11.3 Å². The number of nitriles is 1. The maximum Gasteiger partial charge on any atom is 0.104 e. The molecule has 2 rings (SSSR count). The Hall–Kier alpha value is -1.01. The van der Waals surface area contributed by atoms with Crippen LogP contribution in [0.3, 0.4) is 0 Å². The van der Waals surface area contributed by atoms with Gasteiger partial charge in [0, 0.05) is 4.88 Å². The van der Waals surface area contributed by atoms with Crippen LogP contribution in [0.2, 0.25) is 0 Å². The van der Waals surface area contributed by atoms with Gasteiger partial charge in [0.05, 0.1) is 5.56 Å². The molecule has 0 saturated heterocycles. The molecule has 2 N–H and O–H groups in total. The highest BCUT2D eigenvalue weighted by atomic mass is 32.1. The molecule has 0 spiro atoms. The van der Waals surface area contributed by atoms with Crippen LogP contribution in [-0.4, -0.2) is 0 Å². The van der Waals surface area contributed by atoms with E-state index >= 15 is 0 Å². The van der Waals surface area contributed by atoms with E-state index in [1.165, 1.54) is 23.3 Å². The van der Waals surface area contributed by atoms with E-state index in [-0.39, 0.29) is 5.41 Å². The molecule has 0 amide bonds. The summed E-state index contributed by atoms with van der Waals surface area (Å²) in [5.41, 5.74) is 8.08. The normalized spacial score (nSPS) is 22.1. The van der Waals surface area contributed by atoms with Gasteiger partial charge in [-0.25, -0.2) is 0 Å². The van der Waals surface area contributed by atoms with Gasteiger partial charge in [-0.3, -0.25) is 0 Å². The van der Waals surface area contributed by atoms with Crippen molar-refractivity contribution in [1.82, 2.24) is 0 Å². The third kappa shape index (κ3) is 2.32. The summed E-state index contributed by atoms with van der Waals surface area (Å²) in [6.45, 7) is 8.46. The largest absolute Gasteiger partial charge is 0.389 e. The number of nitrogens with two attached hydrogens (primary N) is 1. The van der Waals surface area contributed by atoms with Gasteiger partial charge in [-0.05, 0) is 36.7 Å². The summed E-state index contributed by atoms with van der Waals surface area (Å²) in [7, 11) is 0. The molecule has 0 aromatic carbocycles. The molecule has 0 aliphatic heterocycles. The Morgan fingerprint density at radius 2 is 2.12 bits per heavy atom. The molecule has 0 saturated carbocycles. The smallest absolute Gasteiger partial charge is 0.104 e. The summed E-state index contributed by atoms with van der Waals surface area (Å²) in [5, 5.41) is 9.88. The molecule has 1 aromatic heterocycles. The lowest BCUT2D eigenvalue weighted by Gasteiger charge is -2.33. The standard InChI is InChI=1S/C12H16N2S.C2H6/c1-3-12(2)6-4-5-9-10(12)8(7-13)11(14)15-9;1-2/h3-6,14H2,1-2H3;1-2H3/t12-;/m0./s1. The van der Waals surface area contributed by atoms with Crippen molar-refractivity contribution in [2.45, 2.75) is 58.8 Å². The SMILES string of the molecule is CC.CC[C@@]1(C)CCCc2sc(N)c(C#N)c21. The summed E-state index contributed by atoms with van der Waals surface area (Å²) >= 11 is 1.61. The molecule has 1 heterocycles. The first kappa shape index (κ1) is 14.1. The minimum atomic E-state index is 0.173. The Morgan fingerprint density at radius 1 is 1.47 bits per heavy atom. The first-order valence-electron chi connectivity index (χ1n) is 6.44. The van der Waals surface area contributed by atoms with E-state index in [9.17, 15) is 0 Å². The number of rotatable bonds is 1.